The molecule has 0 aliphatic carbocycles. The van der Waals surface area contributed by atoms with E-state index >= 15 is 0 Å². The zero-order valence-corrected chi connectivity index (χ0v) is 16.3. The van der Waals surface area contributed by atoms with Gasteiger partial charge in [-0.15, -0.1) is 0 Å². The number of alkyl halides is 3. The molecule has 0 unspecified atom stereocenters. The minimum absolute atomic E-state index is 0.0385. The lowest BCUT2D eigenvalue weighted by Crippen LogP contribution is -2.50. The molecule has 0 bridgehead atoms. The topological polar surface area (TPSA) is 49.9 Å². The first-order valence-corrected chi connectivity index (χ1v) is 8.95. The largest absolute Gasteiger partial charge is 0.484 e. The van der Waals surface area contributed by atoms with Crippen LogP contribution in [0.25, 0.3) is 0 Å². The normalized spacial score (nSPS) is 14.4. The van der Waals surface area contributed by atoms with E-state index in [0.29, 0.717) is 37.2 Å². The summed E-state index contributed by atoms with van der Waals surface area (Å²) in [4.78, 5) is 27.1. The number of hydrogen-bond acceptors (Lipinski definition) is 3. The van der Waals surface area contributed by atoms with Crippen molar-refractivity contribution >= 4 is 11.8 Å². The van der Waals surface area contributed by atoms with E-state index in [1.807, 2.05) is 0 Å². The van der Waals surface area contributed by atoms with Gasteiger partial charge in [-0.25, -0.2) is 0 Å². The number of benzene rings is 1. The van der Waals surface area contributed by atoms with Crippen LogP contribution in [-0.2, 0) is 16.1 Å². The van der Waals surface area contributed by atoms with E-state index in [4.69, 9.17) is 4.74 Å². The van der Waals surface area contributed by atoms with Gasteiger partial charge in [0.05, 0.1) is 0 Å². The van der Waals surface area contributed by atoms with Crippen molar-refractivity contribution in [3.8, 4) is 5.75 Å². The Morgan fingerprint density at radius 1 is 1.29 bits per heavy atom. The quantitative estimate of drug-likeness (QED) is 0.663. The molecular formula is C20H25F3N2O3. The zero-order valence-electron chi connectivity index (χ0n) is 16.3. The van der Waals surface area contributed by atoms with Gasteiger partial charge in [0.1, 0.15) is 5.75 Å². The van der Waals surface area contributed by atoms with Crippen molar-refractivity contribution in [2.24, 2.45) is 5.92 Å². The SMILES string of the molecule is C=CC(=O)N1CC(CC(=O)N(C)Cc2cc(C)c(OCC(F)(F)F)c(C)c2)C1. The van der Waals surface area contributed by atoms with Crippen LogP contribution in [0, 0.1) is 19.8 Å². The van der Waals surface area contributed by atoms with Gasteiger partial charge in [0, 0.05) is 39.0 Å². The highest BCUT2D eigenvalue weighted by atomic mass is 19.4. The first-order valence-electron chi connectivity index (χ1n) is 8.95. The van der Waals surface area contributed by atoms with Gasteiger partial charge in [-0.2, -0.15) is 13.2 Å². The molecule has 1 aliphatic rings. The fourth-order valence-electron chi connectivity index (χ4n) is 3.29. The third-order valence-corrected chi connectivity index (χ3v) is 4.65. The van der Waals surface area contributed by atoms with Crippen molar-refractivity contribution in [2.75, 3.05) is 26.7 Å². The lowest BCUT2D eigenvalue weighted by atomic mass is 9.95. The van der Waals surface area contributed by atoms with E-state index in [1.165, 1.54) is 6.08 Å². The van der Waals surface area contributed by atoms with Crippen molar-refractivity contribution in [3.63, 3.8) is 0 Å². The second kappa shape index (κ2) is 8.67. The molecule has 0 radical (unpaired) electrons. The number of rotatable bonds is 7. The van der Waals surface area contributed by atoms with Crippen molar-refractivity contribution in [3.05, 3.63) is 41.5 Å². The Morgan fingerprint density at radius 3 is 2.36 bits per heavy atom. The standard InChI is InChI=1S/C20H25F3N2O3/c1-5-17(26)25-10-16(11-25)8-18(27)24(4)9-15-6-13(2)19(14(3)7-15)28-12-20(21,22)23/h5-7,16H,1,8-12H2,2-4H3. The molecule has 0 N–H and O–H groups in total. The van der Waals surface area contributed by atoms with E-state index in [2.05, 4.69) is 6.58 Å². The molecule has 154 valence electrons. The van der Waals surface area contributed by atoms with Crippen LogP contribution in [0.5, 0.6) is 5.75 Å². The molecular weight excluding hydrogens is 373 g/mol. The number of hydrogen-bond donors (Lipinski definition) is 0. The first-order chi connectivity index (χ1) is 13.0. The van der Waals surface area contributed by atoms with E-state index < -0.39 is 12.8 Å². The molecule has 0 aromatic heterocycles. The fourth-order valence-corrected chi connectivity index (χ4v) is 3.29. The maximum Gasteiger partial charge on any atom is 0.422 e. The summed E-state index contributed by atoms with van der Waals surface area (Å²) < 4.78 is 42.0. The minimum atomic E-state index is -4.39. The van der Waals surface area contributed by atoms with Crippen LogP contribution in [-0.4, -0.2) is 54.5 Å². The number of halogens is 3. The Morgan fingerprint density at radius 2 is 1.86 bits per heavy atom. The number of nitrogens with zero attached hydrogens (tertiary/aromatic N) is 2. The van der Waals surface area contributed by atoms with Crippen LogP contribution in [0.4, 0.5) is 13.2 Å². The van der Waals surface area contributed by atoms with E-state index in [-0.39, 0.29) is 23.5 Å². The van der Waals surface area contributed by atoms with E-state index in [9.17, 15) is 22.8 Å². The number of amides is 2. The number of ether oxygens (including phenoxy) is 1. The van der Waals surface area contributed by atoms with Crippen molar-refractivity contribution < 1.29 is 27.5 Å². The molecule has 1 aromatic rings. The second-order valence-corrected chi connectivity index (χ2v) is 7.23. The Bertz CT molecular complexity index is 733. The summed E-state index contributed by atoms with van der Waals surface area (Å²) in [6.07, 6.45) is -2.78. The number of aryl methyl sites for hydroxylation is 2. The maximum atomic E-state index is 12.4. The monoisotopic (exact) mass is 398 g/mol. The van der Waals surface area contributed by atoms with Gasteiger partial charge < -0.3 is 14.5 Å². The molecule has 5 nitrogen and oxygen atoms in total. The Balaban J connectivity index is 1.91. The molecule has 1 heterocycles. The number of likely N-dealkylation sites (tertiary alicyclic amines) is 1. The van der Waals surface area contributed by atoms with Gasteiger partial charge in [0.2, 0.25) is 11.8 Å². The Labute approximate surface area is 162 Å². The lowest BCUT2D eigenvalue weighted by Gasteiger charge is -2.38. The Kier molecular flexibility index (Phi) is 6.74. The van der Waals surface area contributed by atoms with Gasteiger partial charge in [-0.05, 0) is 36.6 Å². The second-order valence-electron chi connectivity index (χ2n) is 7.23. The molecule has 28 heavy (non-hydrogen) atoms. The summed E-state index contributed by atoms with van der Waals surface area (Å²) in [5.41, 5.74) is 2.01. The van der Waals surface area contributed by atoms with Crippen LogP contribution in [0.3, 0.4) is 0 Å². The molecule has 0 spiro atoms. The van der Waals surface area contributed by atoms with Crippen molar-refractivity contribution in [1.82, 2.24) is 9.80 Å². The smallest absolute Gasteiger partial charge is 0.422 e. The fraction of sp³-hybridized carbons (Fsp3) is 0.500. The Hall–Kier alpha value is -2.51. The molecule has 1 aliphatic heterocycles. The molecule has 2 amide bonds. The minimum Gasteiger partial charge on any atom is -0.484 e. The predicted molar refractivity (Wildman–Crippen MR) is 98.8 cm³/mol. The molecule has 1 aromatic carbocycles. The molecule has 8 heteroatoms. The third-order valence-electron chi connectivity index (χ3n) is 4.65. The molecule has 2 rings (SSSR count). The van der Waals surface area contributed by atoms with Crippen LogP contribution in [0.15, 0.2) is 24.8 Å². The average Bonchev–Trinajstić information content (AvgIpc) is 2.54. The van der Waals surface area contributed by atoms with Crippen LogP contribution < -0.4 is 4.74 Å². The highest BCUT2D eigenvalue weighted by Crippen LogP contribution is 2.28. The molecule has 1 saturated heterocycles. The van der Waals surface area contributed by atoms with Gasteiger partial charge in [0.15, 0.2) is 6.61 Å². The predicted octanol–water partition coefficient (Wildman–Crippen LogP) is 3.24. The molecule has 0 atom stereocenters. The average molecular weight is 398 g/mol. The molecule has 0 saturated carbocycles. The van der Waals surface area contributed by atoms with Crippen molar-refractivity contribution in [2.45, 2.75) is 33.0 Å². The summed E-state index contributed by atoms with van der Waals surface area (Å²) in [5.74, 6) is 0.191. The van der Waals surface area contributed by atoms with Crippen LogP contribution >= 0.6 is 0 Å². The lowest BCUT2D eigenvalue weighted by molar-refractivity contribution is -0.153. The zero-order chi connectivity index (χ0) is 21.1. The van der Waals surface area contributed by atoms with Crippen LogP contribution in [0.1, 0.15) is 23.1 Å². The summed E-state index contributed by atoms with van der Waals surface area (Å²) >= 11 is 0. The van der Waals surface area contributed by atoms with Crippen LogP contribution in [0.2, 0.25) is 0 Å². The van der Waals surface area contributed by atoms with Gasteiger partial charge in [-0.3, -0.25) is 9.59 Å². The summed E-state index contributed by atoms with van der Waals surface area (Å²) in [6.45, 7) is 6.92. The van der Waals surface area contributed by atoms with Crippen molar-refractivity contribution in [1.29, 1.82) is 0 Å². The summed E-state index contributed by atoms with van der Waals surface area (Å²) in [6, 6.07) is 3.46. The van der Waals surface area contributed by atoms with E-state index in [0.717, 1.165) is 5.56 Å². The first kappa shape index (κ1) is 21.8. The highest BCUT2D eigenvalue weighted by Gasteiger charge is 2.32. The number of carbonyl (C=O) groups excluding carboxylic acids is 2. The highest BCUT2D eigenvalue weighted by molar-refractivity contribution is 5.87. The number of carbonyl (C=O) groups is 2. The summed E-state index contributed by atoms with van der Waals surface area (Å²) in [7, 11) is 1.69. The van der Waals surface area contributed by atoms with Gasteiger partial charge >= 0.3 is 6.18 Å². The summed E-state index contributed by atoms with van der Waals surface area (Å²) in [5, 5.41) is 0. The molecule has 1 fully saturated rings. The van der Waals surface area contributed by atoms with Gasteiger partial charge in [-0.1, -0.05) is 18.7 Å². The maximum absolute atomic E-state index is 12.4. The third kappa shape index (κ3) is 5.74. The van der Waals surface area contributed by atoms with E-state index in [1.54, 1.807) is 42.8 Å². The van der Waals surface area contributed by atoms with Gasteiger partial charge in [0.25, 0.3) is 0 Å².